The first-order valence-electron chi connectivity index (χ1n) is 13.2. The van der Waals surface area contributed by atoms with Crippen LogP contribution in [-0.4, -0.2) is 54.9 Å². The number of likely N-dealkylation sites (tertiary alicyclic amines) is 1. The van der Waals surface area contributed by atoms with Gasteiger partial charge in [0.05, 0.1) is 48.1 Å². The minimum Gasteiger partial charge on any atom is -0.508 e. The molecule has 2 aliphatic heterocycles. The van der Waals surface area contributed by atoms with Crippen molar-refractivity contribution >= 4 is 40.9 Å². The molecule has 4 amide bonds. The molecule has 2 heterocycles. The molecular formula is C30H28ClFN2O7. The Kier molecular flexibility index (Phi) is 6.19. The zero-order valence-electron chi connectivity index (χ0n) is 22.8. The zero-order valence-corrected chi connectivity index (χ0v) is 23.6. The first-order chi connectivity index (χ1) is 19.4. The summed E-state index contributed by atoms with van der Waals surface area (Å²) in [6.45, 7) is 1.70. The maximum Gasteiger partial charge on any atom is 0.241 e. The Morgan fingerprint density at radius 3 is 2.27 bits per heavy atom. The number of anilines is 1. The van der Waals surface area contributed by atoms with Gasteiger partial charge in [0.15, 0.2) is 0 Å². The van der Waals surface area contributed by atoms with E-state index in [9.17, 15) is 28.7 Å². The van der Waals surface area contributed by atoms with E-state index in [-0.39, 0.29) is 46.2 Å². The maximum atomic E-state index is 14.5. The van der Waals surface area contributed by atoms with Crippen LogP contribution in [0.15, 0.2) is 42.0 Å². The van der Waals surface area contributed by atoms with Gasteiger partial charge in [-0.25, -0.2) is 9.29 Å². The van der Waals surface area contributed by atoms with Gasteiger partial charge >= 0.3 is 0 Å². The summed E-state index contributed by atoms with van der Waals surface area (Å²) in [6.07, 6.45) is 2.36. The third-order valence-electron chi connectivity index (χ3n) is 9.47. The Morgan fingerprint density at radius 1 is 1.00 bits per heavy atom. The molecule has 41 heavy (non-hydrogen) atoms. The second-order valence-corrected chi connectivity index (χ2v) is 11.7. The lowest BCUT2D eigenvalue weighted by atomic mass is 9.51. The average molecular weight is 583 g/mol. The second kappa shape index (κ2) is 9.30. The number of allylic oxidation sites excluding steroid dienone is 2. The Labute approximate surface area is 240 Å². The van der Waals surface area contributed by atoms with E-state index >= 15 is 0 Å². The number of benzene rings is 2. The number of phenols is 1. The molecule has 3 fully saturated rings. The van der Waals surface area contributed by atoms with Crippen LogP contribution in [-0.2, 0) is 19.2 Å². The number of hydrogen-bond donors (Lipinski definition) is 1. The van der Waals surface area contributed by atoms with Crippen LogP contribution in [0.25, 0.3) is 0 Å². The maximum absolute atomic E-state index is 14.5. The summed E-state index contributed by atoms with van der Waals surface area (Å²) in [6, 6.07) is 6.47. The molecule has 0 bridgehead atoms. The molecule has 214 valence electrons. The molecule has 0 radical (unpaired) electrons. The highest BCUT2D eigenvalue weighted by atomic mass is 35.5. The minimum absolute atomic E-state index is 0.121. The van der Waals surface area contributed by atoms with Gasteiger partial charge < -0.3 is 14.6 Å². The molecule has 2 aromatic carbocycles. The van der Waals surface area contributed by atoms with Crippen LogP contribution in [0.5, 0.6) is 17.2 Å². The molecule has 2 saturated heterocycles. The highest BCUT2D eigenvalue weighted by Gasteiger charge is 2.68. The summed E-state index contributed by atoms with van der Waals surface area (Å²) in [4.78, 5) is 57.1. The van der Waals surface area contributed by atoms with Crippen molar-refractivity contribution in [1.29, 1.82) is 0 Å². The van der Waals surface area contributed by atoms with Crippen molar-refractivity contribution in [3.8, 4) is 17.2 Å². The molecule has 1 saturated carbocycles. The molecule has 0 unspecified atom stereocenters. The fraction of sp³-hybridized carbons (Fsp3) is 0.400. The number of carbonyl (C=O) groups excluding carboxylic acids is 4. The third kappa shape index (κ3) is 3.59. The van der Waals surface area contributed by atoms with E-state index in [4.69, 9.17) is 21.1 Å². The van der Waals surface area contributed by atoms with Gasteiger partial charge in [0.1, 0.15) is 23.1 Å². The summed E-state index contributed by atoms with van der Waals surface area (Å²) in [5.41, 5.74) is -0.0710. The Balaban J connectivity index is 1.60. The van der Waals surface area contributed by atoms with Gasteiger partial charge in [-0.2, -0.15) is 0 Å². The predicted octanol–water partition coefficient (Wildman–Crippen LogP) is 4.06. The Bertz CT molecular complexity index is 1550. The van der Waals surface area contributed by atoms with Crippen LogP contribution in [0.3, 0.4) is 0 Å². The molecule has 0 aromatic heterocycles. The lowest BCUT2D eigenvalue weighted by Crippen LogP contribution is -2.49. The number of imide groups is 2. The van der Waals surface area contributed by atoms with E-state index in [1.807, 2.05) is 6.08 Å². The summed E-state index contributed by atoms with van der Waals surface area (Å²) in [5.74, 6) is -5.43. The van der Waals surface area contributed by atoms with Gasteiger partial charge in [-0.05, 0) is 43.9 Å². The Hall–Kier alpha value is -3.92. The number of halogens is 2. The highest BCUT2D eigenvalue weighted by Crippen LogP contribution is 2.65. The van der Waals surface area contributed by atoms with Crippen LogP contribution < -0.4 is 14.4 Å². The normalized spacial score (nSPS) is 30.7. The molecule has 11 heteroatoms. The molecule has 9 nitrogen and oxygen atoms in total. The lowest BCUT2D eigenvalue weighted by molar-refractivity contribution is -0.138. The van der Waals surface area contributed by atoms with Crippen molar-refractivity contribution in [3.63, 3.8) is 0 Å². The predicted molar refractivity (Wildman–Crippen MR) is 145 cm³/mol. The summed E-state index contributed by atoms with van der Waals surface area (Å²) in [5, 5.41) is 10.1. The largest absolute Gasteiger partial charge is 0.508 e. The fourth-order valence-corrected chi connectivity index (χ4v) is 7.74. The molecule has 6 rings (SSSR count). The number of ether oxygens (including phenoxy) is 2. The average Bonchev–Trinajstić information content (AvgIpc) is 3.29. The number of nitrogens with zero attached hydrogens (tertiary/aromatic N) is 2. The SMILES string of the molecule is COc1cc(O)cc(OC)c1[C@H]1C2=CC[C@@H]3C(=O)N(C)C(=O)[C@@H]3[C@@H]2C[C@H]2C(=O)N(c3ccc(F)c(Cl)c3)C(=O)[C@@]12C. The minimum atomic E-state index is -1.39. The number of aromatic hydroxyl groups is 1. The van der Waals surface area contributed by atoms with E-state index in [2.05, 4.69) is 0 Å². The van der Waals surface area contributed by atoms with Crippen LogP contribution in [0, 0.1) is 34.9 Å². The van der Waals surface area contributed by atoms with Crippen molar-refractivity contribution < 1.29 is 38.1 Å². The number of fused-ring (bicyclic) bond motifs is 4. The van der Waals surface area contributed by atoms with Crippen LogP contribution in [0.1, 0.15) is 31.2 Å². The summed E-state index contributed by atoms with van der Waals surface area (Å²) < 4.78 is 25.4. The van der Waals surface area contributed by atoms with Crippen LogP contribution in [0.4, 0.5) is 10.1 Å². The molecule has 2 aliphatic carbocycles. The van der Waals surface area contributed by atoms with Crippen LogP contribution in [0.2, 0.25) is 5.02 Å². The first kappa shape index (κ1) is 27.3. The third-order valence-corrected chi connectivity index (χ3v) is 9.76. The smallest absolute Gasteiger partial charge is 0.241 e. The van der Waals surface area contributed by atoms with Gasteiger partial charge in [0, 0.05) is 30.7 Å². The molecule has 4 aliphatic rings. The van der Waals surface area contributed by atoms with Crippen molar-refractivity contribution in [3.05, 3.63) is 58.4 Å². The van der Waals surface area contributed by atoms with Crippen molar-refractivity contribution in [2.75, 3.05) is 26.2 Å². The van der Waals surface area contributed by atoms with Crippen molar-refractivity contribution in [2.24, 2.45) is 29.1 Å². The molecule has 1 N–H and O–H groups in total. The topological polar surface area (TPSA) is 113 Å². The van der Waals surface area contributed by atoms with Gasteiger partial charge in [-0.3, -0.25) is 24.1 Å². The summed E-state index contributed by atoms with van der Waals surface area (Å²) >= 11 is 6.03. The molecule has 0 spiro atoms. The van der Waals surface area contributed by atoms with E-state index in [0.717, 1.165) is 21.4 Å². The zero-order chi connectivity index (χ0) is 29.5. The van der Waals surface area contributed by atoms with Gasteiger partial charge in [0.25, 0.3) is 0 Å². The van der Waals surface area contributed by atoms with E-state index < -0.39 is 52.6 Å². The van der Waals surface area contributed by atoms with Gasteiger partial charge in [-0.15, -0.1) is 0 Å². The van der Waals surface area contributed by atoms with Crippen molar-refractivity contribution in [1.82, 2.24) is 4.90 Å². The van der Waals surface area contributed by atoms with E-state index in [1.54, 1.807) is 6.92 Å². The monoisotopic (exact) mass is 582 g/mol. The fourth-order valence-electron chi connectivity index (χ4n) is 7.56. The number of carbonyl (C=O) groups is 4. The van der Waals surface area contributed by atoms with Gasteiger partial charge in [-0.1, -0.05) is 23.3 Å². The molecule has 2 aromatic rings. The first-order valence-corrected chi connectivity index (χ1v) is 13.6. The van der Waals surface area contributed by atoms with E-state index in [0.29, 0.717) is 12.0 Å². The lowest BCUT2D eigenvalue weighted by Gasteiger charge is -2.49. The molecule has 6 atom stereocenters. The van der Waals surface area contributed by atoms with E-state index in [1.165, 1.54) is 45.5 Å². The highest BCUT2D eigenvalue weighted by molar-refractivity contribution is 6.31. The number of hydrogen-bond acceptors (Lipinski definition) is 7. The quantitative estimate of drug-likeness (QED) is 0.427. The van der Waals surface area contributed by atoms with Crippen molar-refractivity contribution in [2.45, 2.75) is 25.7 Å². The number of rotatable bonds is 4. The number of methoxy groups -OCH3 is 2. The second-order valence-electron chi connectivity index (χ2n) is 11.3. The molecular weight excluding hydrogens is 555 g/mol. The van der Waals surface area contributed by atoms with Gasteiger partial charge in [0.2, 0.25) is 23.6 Å². The number of phenolic OH excluding ortho intramolecular Hbond substituents is 1. The Morgan fingerprint density at radius 2 is 1.66 bits per heavy atom. The standard InChI is InChI=1S/C30H28ClFN2O7/c1-30-18(27(37)34(29(30)39)13-5-8-20(32)19(31)9-13)12-17-15(6-7-16-23(17)28(38)33(2)26(16)36)25(30)24-21(40-3)10-14(35)11-22(24)41-4/h5-6,8-11,16-18,23,25,35H,7,12H2,1-4H3/t16-,17+,18-,23-,25+,30+/m0/s1. The van der Waals surface area contributed by atoms with Crippen LogP contribution >= 0.6 is 11.6 Å². The summed E-state index contributed by atoms with van der Waals surface area (Å²) in [7, 11) is 4.31. The number of amides is 4.